The van der Waals surface area contributed by atoms with Crippen molar-refractivity contribution in [1.82, 2.24) is 0 Å². The number of halogens is 1. The van der Waals surface area contributed by atoms with E-state index in [9.17, 15) is 8.42 Å². The molecule has 80 valence electrons. The highest BCUT2D eigenvalue weighted by molar-refractivity contribution is 7.94. The van der Waals surface area contributed by atoms with Crippen LogP contribution in [-0.4, -0.2) is 13.2 Å². The maximum Gasteiger partial charge on any atom is 0.192 e. The van der Waals surface area contributed by atoms with Crippen LogP contribution in [0.2, 0.25) is 5.02 Å². The SMILES string of the molecule is Cc1sc(S(=O)(=O)C(C)(C)C)cc1Cl. The minimum Gasteiger partial charge on any atom is -0.222 e. The molecular weight excluding hydrogens is 240 g/mol. The molecule has 1 aromatic heterocycles. The third-order valence-electron chi connectivity index (χ3n) is 1.91. The summed E-state index contributed by atoms with van der Waals surface area (Å²) in [5, 5.41) is 0.526. The highest BCUT2D eigenvalue weighted by atomic mass is 35.5. The lowest BCUT2D eigenvalue weighted by atomic mass is 10.3. The molecule has 0 unspecified atom stereocenters. The summed E-state index contributed by atoms with van der Waals surface area (Å²) < 4.78 is 23.5. The van der Waals surface area contributed by atoms with E-state index in [-0.39, 0.29) is 0 Å². The molecule has 0 aliphatic carbocycles. The molecule has 0 fully saturated rings. The van der Waals surface area contributed by atoms with Gasteiger partial charge in [-0.25, -0.2) is 8.42 Å². The molecule has 14 heavy (non-hydrogen) atoms. The van der Waals surface area contributed by atoms with E-state index in [1.54, 1.807) is 20.8 Å². The second kappa shape index (κ2) is 3.51. The van der Waals surface area contributed by atoms with Crippen LogP contribution in [0.25, 0.3) is 0 Å². The normalized spacial score (nSPS) is 13.2. The molecule has 0 bridgehead atoms. The summed E-state index contributed by atoms with van der Waals surface area (Å²) >= 11 is 7.06. The molecule has 1 rings (SSSR count). The third kappa shape index (κ3) is 1.97. The average Bonchev–Trinajstić information content (AvgIpc) is 2.30. The molecule has 0 N–H and O–H groups in total. The molecule has 0 aliphatic heterocycles. The van der Waals surface area contributed by atoms with Gasteiger partial charge in [0, 0.05) is 4.88 Å². The predicted molar refractivity (Wildman–Crippen MR) is 61.0 cm³/mol. The van der Waals surface area contributed by atoms with Crippen molar-refractivity contribution in [2.45, 2.75) is 36.7 Å². The minimum atomic E-state index is -3.24. The van der Waals surface area contributed by atoms with E-state index >= 15 is 0 Å². The molecule has 0 radical (unpaired) electrons. The highest BCUT2D eigenvalue weighted by Crippen LogP contribution is 2.34. The van der Waals surface area contributed by atoms with Gasteiger partial charge in [-0.15, -0.1) is 11.3 Å². The minimum absolute atomic E-state index is 0.354. The van der Waals surface area contributed by atoms with E-state index in [2.05, 4.69) is 0 Å². The Kier molecular flexibility index (Phi) is 3.01. The summed E-state index contributed by atoms with van der Waals surface area (Å²) in [4.78, 5) is 0.842. The number of rotatable bonds is 1. The van der Waals surface area contributed by atoms with Gasteiger partial charge in [0.25, 0.3) is 0 Å². The Morgan fingerprint density at radius 1 is 1.36 bits per heavy atom. The Balaban J connectivity index is 3.32. The van der Waals surface area contributed by atoms with Crippen LogP contribution < -0.4 is 0 Å². The molecule has 0 saturated carbocycles. The first kappa shape index (κ1) is 12.0. The van der Waals surface area contributed by atoms with Crippen LogP contribution in [0.15, 0.2) is 10.3 Å². The fourth-order valence-corrected chi connectivity index (χ4v) is 4.30. The molecular formula is C9H13ClO2S2. The summed E-state index contributed by atoms with van der Waals surface area (Å²) in [6, 6.07) is 1.53. The van der Waals surface area contributed by atoms with Crippen LogP contribution >= 0.6 is 22.9 Å². The summed E-state index contributed by atoms with van der Waals surface area (Å²) in [6.07, 6.45) is 0. The Morgan fingerprint density at radius 3 is 2.14 bits per heavy atom. The van der Waals surface area contributed by atoms with Crippen molar-refractivity contribution in [2.75, 3.05) is 0 Å². The lowest BCUT2D eigenvalue weighted by Gasteiger charge is -2.17. The number of hydrogen-bond donors (Lipinski definition) is 0. The first-order chi connectivity index (χ1) is 6.16. The maximum absolute atomic E-state index is 12.0. The first-order valence-electron chi connectivity index (χ1n) is 4.17. The van der Waals surface area contributed by atoms with Crippen LogP contribution in [0.4, 0.5) is 0 Å². The zero-order valence-corrected chi connectivity index (χ0v) is 11.0. The molecule has 1 aromatic rings. The molecule has 2 nitrogen and oxygen atoms in total. The predicted octanol–water partition coefficient (Wildman–Crippen LogP) is 3.28. The van der Waals surface area contributed by atoms with E-state index < -0.39 is 14.6 Å². The van der Waals surface area contributed by atoms with Crippen LogP contribution in [-0.2, 0) is 9.84 Å². The van der Waals surface area contributed by atoms with Crippen molar-refractivity contribution in [3.63, 3.8) is 0 Å². The molecule has 0 aromatic carbocycles. The van der Waals surface area contributed by atoms with Gasteiger partial charge in [-0.05, 0) is 33.8 Å². The number of hydrogen-bond acceptors (Lipinski definition) is 3. The summed E-state index contributed by atoms with van der Waals surface area (Å²) in [5.74, 6) is 0. The van der Waals surface area contributed by atoms with Gasteiger partial charge in [0.1, 0.15) is 4.21 Å². The van der Waals surface area contributed by atoms with Crippen molar-refractivity contribution in [3.05, 3.63) is 16.0 Å². The molecule has 5 heteroatoms. The van der Waals surface area contributed by atoms with Crippen molar-refractivity contribution < 1.29 is 8.42 Å². The second-order valence-electron chi connectivity index (χ2n) is 4.09. The van der Waals surface area contributed by atoms with Gasteiger partial charge in [0.2, 0.25) is 0 Å². The van der Waals surface area contributed by atoms with Gasteiger partial charge in [-0.3, -0.25) is 0 Å². The van der Waals surface area contributed by atoms with E-state index in [0.29, 0.717) is 9.23 Å². The summed E-state index contributed by atoms with van der Waals surface area (Å²) in [7, 11) is -3.24. The van der Waals surface area contributed by atoms with Gasteiger partial charge in [0.15, 0.2) is 9.84 Å². The van der Waals surface area contributed by atoms with Gasteiger partial charge in [-0.1, -0.05) is 11.6 Å². The molecule has 0 aliphatic rings. The van der Waals surface area contributed by atoms with Gasteiger partial charge in [-0.2, -0.15) is 0 Å². The summed E-state index contributed by atoms with van der Waals surface area (Å²) in [6.45, 7) is 6.87. The lowest BCUT2D eigenvalue weighted by Crippen LogP contribution is -2.27. The largest absolute Gasteiger partial charge is 0.222 e. The average molecular weight is 253 g/mol. The van der Waals surface area contributed by atoms with Crippen LogP contribution in [0.5, 0.6) is 0 Å². The van der Waals surface area contributed by atoms with Crippen LogP contribution in [0.1, 0.15) is 25.6 Å². The Bertz CT molecular complexity index is 418. The standard InChI is InChI=1S/C9H13ClO2S2/c1-6-7(10)5-8(13-6)14(11,12)9(2,3)4/h5H,1-4H3. The van der Waals surface area contributed by atoms with Crippen LogP contribution in [0, 0.1) is 6.92 Å². The fraction of sp³-hybridized carbons (Fsp3) is 0.556. The molecule has 0 amide bonds. The summed E-state index contributed by atoms with van der Waals surface area (Å²) in [5.41, 5.74) is 0. The second-order valence-corrected chi connectivity index (χ2v) is 8.68. The van der Waals surface area contributed by atoms with Crippen molar-refractivity contribution in [1.29, 1.82) is 0 Å². The van der Waals surface area contributed by atoms with Crippen molar-refractivity contribution in [2.24, 2.45) is 0 Å². The zero-order valence-electron chi connectivity index (χ0n) is 8.59. The van der Waals surface area contributed by atoms with E-state index in [0.717, 1.165) is 4.88 Å². The first-order valence-corrected chi connectivity index (χ1v) is 6.84. The van der Waals surface area contributed by atoms with E-state index in [1.165, 1.54) is 17.4 Å². The maximum atomic E-state index is 12.0. The number of thiophene rings is 1. The fourth-order valence-electron chi connectivity index (χ4n) is 0.868. The van der Waals surface area contributed by atoms with E-state index in [4.69, 9.17) is 11.6 Å². The smallest absolute Gasteiger partial charge is 0.192 e. The van der Waals surface area contributed by atoms with E-state index in [1.807, 2.05) is 6.92 Å². The Hall–Kier alpha value is -0.0600. The van der Waals surface area contributed by atoms with Gasteiger partial charge < -0.3 is 0 Å². The Labute approximate surface area is 93.8 Å². The highest BCUT2D eigenvalue weighted by Gasteiger charge is 2.32. The van der Waals surface area contributed by atoms with Gasteiger partial charge in [0.05, 0.1) is 9.77 Å². The number of aryl methyl sites for hydroxylation is 1. The molecule has 0 atom stereocenters. The third-order valence-corrected chi connectivity index (χ3v) is 6.42. The zero-order chi connectivity index (χ0) is 11.1. The Morgan fingerprint density at radius 2 is 1.86 bits per heavy atom. The monoisotopic (exact) mass is 252 g/mol. The van der Waals surface area contributed by atoms with Gasteiger partial charge >= 0.3 is 0 Å². The number of sulfone groups is 1. The van der Waals surface area contributed by atoms with Crippen LogP contribution in [0.3, 0.4) is 0 Å². The topological polar surface area (TPSA) is 34.1 Å². The lowest BCUT2D eigenvalue weighted by molar-refractivity contribution is 0.562. The van der Waals surface area contributed by atoms with Crippen molar-refractivity contribution in [3.8, 4) is 0 Å². The molecule has 1 heterocycles. The molecule has 0 spiro atoms. The van der Waals surface area contributed by atoms with Crippen molar-refractivity contribution >= 4 is 32.8 Å². The quantitative estimate of drug-likeness (QED) is 0.769. The molecule has 0 saturated heterocycles.